The third-order valence-corrected chi connectivity index (χ3v) is 6.31. The summed E-state index contributed by atoms with van der Waals surface area (Å²) in [5.41, 5.74) is 3.59. The van der Waals surface area contributed by atoms with E-state index < -0.39 is 0 Å². The number of carbonyl (C=O) groups is 1. The van der Waals surface area contributed by atoms with E-state index in [0.29, 0.717) is 5.56 Å². The number of hydrogen-bond donors (Lipinski definition) is 2. The molecule has 150 valence electrons. The smallest absolute Gasteiger partial charge is 0.267 e. The summed E-state index contributed by atoms with van der Waals surface area (Å²) in [6.45, 7) is 0. The van der Waals surface area contributed by atoms with E-state index in [1.165, 1.54) is 0 Å². The Kier molecular flexibility index (Phi) is 4.66. The predicted molar refractivity (Wildman–Crippen MR) is 110 cm³/mol. The summed E-state index contributed by atoms with van der Waals surface area (Å²) in [4.78, 5) is 32.6. The summed E-state index contributed by atoms with van der Waals surface area (Å²) in [5, 5.41) is 8.70. The monoisotopic (exact) mass is 391 g/mol. The Morgan fingerprint density at radius 3 is 2.86 bits per heavy atom. The van der Waals surface area contributed by atoms with Crippen LogP contribution in [0, 0.1) is 0 Å². The van der Waals surface area contributed by atoms with Crippen molar-refractivity contribution < 1.29 is 4.79 Å². The second-order valence-corrected chi connectivity index (χ2v) is 8.19. The molecule has 3 heterocycles. The van der Waals surface area contributed by atoms with Gasteiger partial charge in [0.15, 0.2) is 0 Å². The number of nitrogens with one attached hydrogen (secondary N) is 2. The van der Waals surface area contributed by atoms with Crippen LogP contribution in [0.4, 0.5) is 0 Å². The molecule has 2 aliphatic rings. The number of aryl methyl sites for hydroxylation is 2. The third kappa shape index (κ3) is 3.45. The fraction of sp³-hybridized carbons (Fsp3) is 0.455. The highest BCUT2D eigenvalue weighted by atomic mass is 16.2. The maximum Gasteiger partial charge on any atom is 0.267 e. The standard InChI is InChI=1S/C22H25N5O2/c28-20-12-14-4-1-2-6-19(14)26-27(20)16-9-7-15(8-10-16)25-22(29)18-13-24-21-17(18)5-3-11-23-21/h3,5,11-13,15-16H,1-2,4,6-10H2,(H,23,24)(H,25,29). The van der Waals surface area contributed by atoms with Gasteiger partial charge >= 0.3 is 0 Å². The van der Waals surface area contributed by atoms with Crippen molar-refractivity contribution in [1.82, 2.24) is 25.1 Å². The van der Waals surface area contributed by atoms with Crippen LogP contribution in [-0.4, -0.2) is 31.7 Å². The summed E-state index contributed by atoms with van der Waals surface area (Å²) >= 11 is 0. The average Bonchev–Trinajstić information content (AvgIpc) is 3.18. The maximum absolute atomic E-state index is 12.7. The number of carbonyl (C=O) groups excluding carboxylic acids is 1. The number of hydrogen-bond acceptors (Lipinski definition) is 4. The van der Waals surface area contributed by atoms with Crippen molar-refractivity contribution in [2.75, 3.05) is 0 Å². The van der Waals surface area contributed by atoms with Gasteiger partial charge in [-0.3, -0.25) is 9.59 Å². The second-order valence-electron chi connectivity index (χ2n) is 8.19. The number of aromatic nitrogens is 4. The maximum atomic E-state index is 12.7. The van der Waals surface area contributed by atoms with Crippen molar-refractivity contribution >= 4 is 16.9 Å². The van der Waals surface area contributed by atoms with Gasteiger partial charge in [-0.25, -0.2) is 9.67 Å². The van der Waals surface area contributed by atoms with Crippen molar-refractivity contribution in [3.8, 4) is 0 Å². The lowest BCUT2D eigenvalue weighted by Crippen LogP contribution is -2.40. The number of amides is 1. The highest BCUT2D eigenvalue weighted by Crippen LogP contribution is 2.28. The van der Waals surface area contributed by atoms with E-state index in [1.807, 2.05) is 12.1 Å². The van der Waals surface area contributed by atoms with E-state index in [1.54, 1.807) is 23.1 Å². The third-order valence-electron chi connectivity index (χ3n) is 6.31. The molecule has 3 aromatic rings. The molecule has 7 heteroatoms. The van der Waals surface area contributed by atoms with E-state index in [0.717, 1.165) is 73.7 Å². The molecule has 0 radical (unpaired) electrons. The quantitative estimate of drug-likeness (QED) is 0.718. The van der Waals surface area contributed by atoms with E-state index >= 15 is 0 Å². The van der Waals surface area contributed by atoms with E-state index in [9.17, 15) is 9.59 Å². The summed E-state index contributed by atoms with van der Waals surface area (Å²) in [7, 11) is 0. The molecule has 1 saturated carbocycles. The topological polar surface area (TPSA) is 92.7 Å². The Morgan fingerprint density at radius 2 is 2.00 bits per heavy atom. The number of H-pyrrole nitrogens is 1. The SMILES string of the molecule is O=C(NC1CCC(n2nc3c(cc2=O)CCCC3)CC1)c1c[nH]c2ncccc12. The largest absolute Gasteiger partial charge is 0.349 e. The van der Waals surface area contributed by atoms with Crippen LogP contribution < -0.4 is 10.9 Å². The zero-order valence-corrected chi connectivity index (χ0v) is 16.4. The molecule has 0 atom stereocenters. The van der Waals surface area contributed by atoms with Crippen molar-refractivity contribution in [1.29, 1.82) is 0 Å². The number of rotatable bonds is 3. The molecular weight excluding hydrogens is 366 g/mol. The first-order valence-corrected chi connectivity index (χ1v) is 10.5. The lowest BCUT2D eigenvalue weighted by atomic mass is 9.90. The molecule has 0 unspecified atom stereocenters. The number of aromatic amines is 1. The molecule has 0 saturated heterocycles. The van der Waals surface area contributed by atoms with Crippen LogP contribution in [0.5, 0.6) is 0 Å². The van der Waals surface area contributed by atoms with Gasteiger partial charge in [-0.05, 0) is 69.1 Å². The number of nitrogens with zero attached hydrogens (tertiary/aromatic N) is 3. The molecule has 3 aromatic heterocycles. The molecule has 29 heavy (non-hydrogen) atoms. The molecule has 0 aliphatic heterocycles. The van der Waals surface area contributed by atoms with Gasteiger partial charge in [0.05, 0.1) is 17.3 Å². The summed E-state index contributed by atoms with van der Waals surface area (Å²) in [6.07, 6.45) is 11.1. The molecule has 0 bridgehead atoms. The van der Waals surface area contributed by atoms with E-state index in [-0.39, 0.29) is 23.6 Å². The van der Waals surface area contributed by atoms with Gasteiger partial charge in [-0.2, -0.15) is 5.10 Å². The van der Waals surface area contributed by atoms with Crippen molar-refractivity contribution in [2.45, 2.75) is 63.5 Å². The molecule has 2 N–H and O–H groups in total. The second kappa shape index (κ2) is 7.46. The van der Waals surface area contributed by atoms with Gasteiger partial charge < -0.3 is 10.3 Å². The number of fused-ring (bicyclic) bond motifs is 2. The van der Waals surface area contributed by atoms with E-state index in [2.05, 4.69) is 15.3 Å². The van der Waals surface area contributed by atoms with Gasteiger partial charge in [-0.1, -0.05) is 0 Å². The van der Waals surface area contributed by atoms with Crippen molar-refractivity contribution in [2.24, 2.45) is 0 Å². The molecule has 1 fully saturated rings. The van der Waals surface area contributed by atoms with E-state index in [4.69, 9.17) is 5.10 Å². The first kappa shape index (κ1) is 18.1. The molecule has 2 aliphatic carbocycles. The highest BCUT2D eigenvalue weighted by Gasteiger charge is 2.26. The summed E-state index contributed by atoms with van der Waals surface area (Å²) < 4.78 is 1.70. The Hall–Kier alpha value is -2.96. The van der Waals surface area contributed by atoms with Crippen LogP contribution >= 0.6 is 0 Å². The Labute approximate surface area is 168 Å². The van der Waals surface area contributed by atoms with Gasteiger partial charge in [0.1, 0.15) is 5.65 Å². The van der Waals surface area contributed by atoms with Gasteiger partial charge in [-0.15, -0.1) is 0 Å². The fourth-order valence-electron chi connectivity index (χ4n) is 4.71. The van der Waals surface area contributed by atoms with Gasteiger partial charge in [0.25, 0.3) is 11.5 Å². The zero-order valence-electron chi connectivity index (χ0n) is 16.4. The first-order chi connectivity index (χ1) is 14.2. The van der Waals surface area contributed by atoms with Crippen LogP contribution in [-0.2, 0) is 12.8 Å². The Balaban J connectivity index is 1.25. The van der Waals surface area contributed by atoms with Crippen LogP contribution in [0.15, 0.2) is 35.4 Å². The van der Waals surface area contributed by atoms with Crippen LogP contribution in [0.3, 0.4) is 0 Å². The van der Waals surface area contributed by atoms with Crippen LogP contribution in [0.2, 0.25) is 0 Å². The van der Waals surface area contributed by atoms with Crippen molar-refractivity contribution in [3.63, 3.8) is 0 Å². The molecule has 0 aromatic carbocycles. The van der Waals surface area contributed by atoms with Gasteiger partial charge in [0.2, 0.25) is 0 Å². The average molecular weight is 391 g/mol. The minimum atomic E-state index is -0.0724. The molecule has 1 amide bonds. The van der Waals surface area contributed by atoms with Crippen LogP contribution in [0.25, 0.3) is 11.0 Å². The Bertz CT molecular complexity index is 1110. The molecule has 7 nitrogen and oxygen atoms in total. The molecule has 5 rings (SSSR count). The lowest BCUT2D eigenvalue weighted by molar-refractivity contribution is 0.0923. The minimum absolute atomic E-state index is 0.0180. The Morgan fingerprint density at radius 1 is 1.17 bits per heavy atom. The summed E-state index contributed by atoms with van der Waals surface area (Å²) in [5.74, 6) is -0.0724. The lowest BCUT2D eigenvalue weighted by Gasteiger charge is -2.30. The summed E-state index contributed by atoms with van der Waals surface area (Å²) in [6, 6.07) is 5.77. The van der Waals surface area contributed by atoms with Crippen LogP contribution in [0.1, 0.15) is 66.2 Å². The predicted octanol–water partition coefficient (Wildman–Crippen LogP) is 2.91. The number of pyridine rings is 1. The fourth-order valence-corrected chi connectivity index (χ4v) is 4.71. The zero-order chi connectivity index (χ0) is 19.8. The normalized spacial score (nSPS) is 21.7. The minimum Gasteiger partial charge on any atom is -0.349 e. The first-order valence-electron chi connectivity index (χ1n) is 10.5. The molecular formula is C22H25N5O2. The molecule has 0 spiro atoms. The van der Waals surface area contributed by atoms with Gasteiger partial charge in [0, 0.05) is 29.9 Å². The highest BCUT2D eigenvalue weighted by molar-refractivity contribution is 6.05. The van der Waals surface area contributed by atoms with Crippen molar-refractivity contribution in [3.05, 3.63) is 57.8 Å².